The van der Waals surface area contributed by atoms with Crippen LogP contribution >= 0.6 is 11.6 Å². The summed E-state index contributed by atoms with van der Waals surface area (Å²) in [5, 5.41) is 3.98. The standard InChI is InChI=1S/C11H10ClNO2/c1-7(14)13-6-9-8-4-2-3-5-10(8)15-11(9)12/h2-5H,6H2,1H3,(H,13,14). The molecule has 1 N–H and O–H groups in total. The highest BCUT2D eigenvalue weighted by atomic mass is 35.5. The third-order valence-electron chi connectivity index (χ3n) is 2.16. The highest BCUT2D eigenvalue weighted by molar-refractivity contribution is 6.30. The van der Waals surface area contributed by atoms with E-state index in [2.05, 4.69) is 5.32 Å². The Balaban J connectivity index is 2.40. The van der Waals surface area contributed by atoms with Crippen LogP contribution in [-0.2, 0) is 11.3 Å². The van der Waals surface area contributed by atoms with Gasteiger partial charge in [-0.25, -0.2) is 0 Å². The number of carbonyl (C=O) groups is 1. The van der Waals surface area contributed by atoms with E-state index in [4.69, 9.17) is 16.0 Å². The van der Waals surface area contributed by atoms with Crippen molar-refractivity contribution in [3.05, 3.63) is 35.0 Å². The van der Waals surface area contributed by atoms with Gasteiger partial charge in [0.1, 0.15) is 5.58 Å². The Hall–Kier alpha value is -1.48. The summed E-state index contributed by atoms with van der Waals surface area (Å²) < 4.78 is 5.35. The Bertz CT molecular complexity index is 504. The van der Waals surface area contributed by atoms with Crippen LogP contribution in [0.5, 0.6) is 0 Å². The zero-order valence-corrected chi connectivity index (χ0v) is 8.97. The van der Waals surface area contributed by atoms with Crippen molar-refractivity contribution in [1.82, 2.24) is 5.32 Å². The van der Waals surface area contributed by atoms with Gasteiger partial charge < -0.3 is 9.73 Å². The van der Waals surface area contributed by atoms with Gasteiger partial charge in [-0.15, -0.1) is 0 Å². The van der Waals surface area contributed by atoms with Gasteiger partial charge in [0, 0.05) is 24.4 Å². The zero-order chi connectivity index (χ0) is 10.8. The molecule has 2 aromatic rings. The molecule has 0 atom stereocenters. The fourth-order valence-corrected chi connectivity index (χ4v) is 1.70. The molecule has 15 heavy (non-hydrogen) atoms. The second-order valence-corrected chi connectivity index (χ2v) is 3.60. The first-order chi connectivity index (χ1) is 7.18. The molecular weight excluding hydrogens is 214 g/mol. The van der Waals surface area contributed by atoms with E-state index in [9.17, 15) is 4.79 Å². The molecule has 0 unspecified atom stereocenters. The maximum Gasteiger partial charge on any atom is 0.217 e. The van der Waals surface area contributed by atoms with E-state index in [1.807, 2.05) is 24.3 Å². The van der Waals surface area contributed by atoms with Crippen LogP contribution in [0.25, 0.3) is 11.0 Å². The highest BCUT2D eigenvalue weighted by Crippen LogP contribution is 2.29. The van der Waals surface area contributed by atoms with Crippen LogP contribution in [0, 0.1) is 0 Å². The Morgan fingerprint density at radius 1 is 1.47 bits per heavy atom. The molecule has 0 saturated carbocycles. The second kappa shape index (κ2) is 3.95. The fourth-order valence-electron chi connectivity index (χ4n) is 1.45. The van der Waals surface area contributed by atoms with E-state index in [1.54, 1.807) is 0 Å². The number of benzene rings is 1. The molecule has 0 bridgehead atoms. The van der Waals surface area contributed by atoms with Crippen molar-refractivity contribution in [2.45, 2.75) is 13.5 Å². The second-order valence-electron chi connectivity index (χ2n) is 3.26. The van der Waals surface area contributed by atoms with Crippen molar-refractivity contribution in [3.8, 4) is 0 Å². The first-order valence-corrected chi connectivity index (χ1v) is 4.96. The Labute approximate surface area is 92.0 Å². The van der Waals surface area contributed by atoms with Crippen LogP contribution in [0.4, 0.5) is 0 Å². The number of para-hydroxylation sites is 1. The van der Waals surface area contributed by atoms with E-state index in [0.717, 1.165) is 16.5 Å². The number of carbonyl (C=O) groups excluding carboxylic acids is 1. The number of fused-ring (bicyclic) bond motifs is 1. The van der Waals surface area contributed by atoms with Crippen LogP contribution < -0.4 is 5.32 Å². The SMILES string of the molecule is CC(=O)NCc1c(Cl)oc2ccccc12. The maximum absolute atomic E-state index is 10.8. The molecule has 1 heterocycles. The lowest BCUT2D eigenvalue weighted by Crippen LogP contribution is -2.18. The van der Waals surface area contributed by atoms with E-state index in [0.29, 0.717) is 11.8 Å². The Morgan fingerprint density at radius 2 is 2.20 bits per heavy atom. The van der Waals surface area contributed by atoms with Gasteiger partial charge in [0.25, 0.3) is 0 Å². The summed E-state index contributed by atoms with van der Waals surface area (Å²) in [6, 6.07) is 7.55. The van der Waals surface area contributed by atoms with E-state index in [1.165, 1.54) is 6.92 Å². The lowest BCUT2D eigenvalue weighted by Gasteiger charge is -1.99. The molecular formula is C11H10ClNO2. The van der Waals surface area contributed by atoms with Gasteiger partial charge in [-0.3, -0.25) is 4.79 Å². The number of nitrogens with one attached hydrogen (secondary N) is 1. The van der Waals surface area contributed by atoms with E-state index in [-0.39, 0.29) is 5.91 Å². The van der Waals surface area contributed by atoms with Gasteiger partial charge in [-0.2, -0.15) is 0 Å². The van der Waals surface area contributed by atoms with Crippen molar-refractivity contribution < 1.29 is 9.21 Å². The van der Waals surface area contributed by atoms with Gasteiger partial charge in [-0.05, 0) is 17.7 Å². The van der Waals surface area contributed by atoms with Crippen molar-refractivity contribution in [2.75, 3.05) is 0 Å². The van der Waals surface area contributed by atoms with Crippen LogP contribution in [0.2, 0.25) is 5.22 Å². The molecule has 3 nitrogen and oxygen atoms in total. The summed E-state index contributed by atoms with van der Waals surface area (Å²) >= 11 is 5.93. The summed E-state index contributed by atoms with van der Waals surface area (Å²) in [7, 11) is 0. The molecule has 0 aliphatic heterocycles. The quantitative estimate of drug-likeness (QED) is 0.851. The minimum Gasteiger partial charge on any atom is -0.444 e. The summed E-state index contributed by atoms with van der Waals surface area (Å²) in [6.45, 7) is 1.86. The number of rotatable bonds is 2. The summed E-state index contributed by atoms with van der Waals surface area (Å²) in [5.74, 6) is -0.0867. The number of hydrogen-bond donors (Lipinski definition) is 1. The Morgan fingerprint density at radius 3 is 2.93 bits per heavy atom. The fraction of sp³-hybridized carbons (Fsp3) is 0.182. The topological polar surface area (TPSA) is 42.2 Å². The maximum atomic E-state index is 10.8. The first kappa shape index (κ1) is 10.1. The molecule has 4 heteroatoms. The molecule has 0 radical (unpaired) electrons. The predicted octanol–water partition coefficient (Wildman–Crippen LogP) is 2.72. The first-order valence-electron chi connectivity index (χ1n) is 4.59. The molecule has 0 aliphatic carbocycles. The molecule has 2 rings (SSSR count). The van der Waals surface area contributed by atoms with Crippen molar-refractivity contribution in [3.63, 3.8) is 0 Å². The zero-order valence-electron chi connectivity index (χ0n) is 8.21. The summed E-state index contributed by atoms with van der Waals surface area (Å²) in [6.07, 6.45) is 0. The van der Waals surface area contributed by atoms with Crippen LogP contribution in [0.15, 0.2) is 28.7 Å². The number of furan rings is 1. The Kier molecular flexibility index (Phi) is 2.64. The monoisotopic (exact) mass is 223 g/mol. The number of hydrogen-bond acceptors (Lipinski definition) is 2. The van der Waals surface area contributed by atoms with Crippen molar-refractivity contribution >= 4 is 28.5 Å². The predicted molar refractivity (Wildman–Crippen MR) is 58.7 cm³/mol. The van der Waals surface area contributed by atoms with Crippen LogP contribution in [0.1, 0.15) is 12.5 Å². The molecule has 1 amide bonds. The van der Waals surface area contributed by atoms with Gasteiger partial charge in [0.2, 0.25) is 5.91 Å². The molecule has 0 saturated heterocycles. The van der Waals surface area contributed by atoms with E-state index >= 15 is 0 Å². The van der Waals surface area contributed by atoms with Gasteiger partial charge in [-0.1, -0.05) is 18.2 Å². The molecule has 1 aromatic carbocycles. The smallest absolute Gasteiger partial charge is 0.217 e. The van der Waals surface area contributed by atoms with E-state index < -0.39 is 0 Å². The molecule has 1 aromatic heterocycles. The third kappa shape index (κ3) is 1.97. The van der Waals surface area contributed by atoms with Crippen molar-refractivity contribution in [1.29, 1.82) is 0 Å². The van der Waals surface area contributed by atoms with Gasteiger partial charge >= 0.3 is 0 Å². The third-order valence-corrected chi connectivity index (χ3v) is 2.47. The number of halogens is 1. The highest BCUT2D eigenvalue weighted by Gasteiger charge is 2.11. The summed E-state index contributed by atoms with van der Waals surface area (Å²) in [4.78, 5) is 10.8. The lowest BCUT2D eigenvalue weighted by atomic mass is 10.2. The van der Waals surface area contributed by atoms with Crippen LogP contribution in [0.3, 0.4) is 0 Å². The average Bonchev–Trinajstić information content (AvgIpc) is 2.50. The van der Waals surface area contributed by atoms with Gasteiger partial charge in [0.15, 0.2) is 5.22 Å². The van der Waals surface area contributed by atoms with Crippen LogP contribution in [-0.4, -0.2) is 5.91 Å². The minimum absolute atomic E-state index is 0.0867. The summed E-state index contributed by atoms with van der Waals surface area (Å²) in [5.41, 5.74) is 1.56. The largest absolute Gasteiger partial charge is 0.444 e. The average molecular weight is 224 g/mol. The molecule has 0 fully saturated rings. The van der Waals surface area contributed by atoms with Crippen molar-refractivity contribution in [2.24, 2.45) is 0 Å². The minimum atomic E-state index is -0.0867. The lowest BCUT2D eigenvalue weighted by molar-refractivity contribution is -0.119. The number of amides is 1. The molecule has 0 spiro atoms. The van der Waals surface area contributed by atoms with Gasteiger partial charge in [0.05, 0.1) is 0 Å². The normalized spacial score (nSPS) is 10.5. The molecule has 0 aliphatic rings. The molecule has 78 valence electrons.